The van der Waals surface area contributed by atoms with Crippen LogP contribution in [-0.4, -0.2) is 115 Å². The first-order chi connectivity index (χ1) is 23.3. The summed E-state index contributed by atoms with van der Waals surface area (Å²) < 4.78 is 37.0. The predicted octanol–water partition coefficient (Wildman–Crippen LogP) is 3.13. The van der Waals surface area contributed by atoms with Gasteiger partial charge < -0.3 is 25.2 Å². The highest BCUT2D eigenvalue weighted by Crippen LogP contribution is 2.29. The molecule has 49 heavy (non-hydrogen) atoms. The highest BCUT2D eigenvalue weighted by Gasteiger charge is 2.38. The van der Waals surface area contributed by atoms with E-state index in [1.54, 1.807) is 20.8 Å². The van der Waals surface area contributed by atoms with Gasteiger partial charge in [0.15, 0.2) is 15.9 Å². The van der Waals surface area contributed by atoms with E-state index < -0.39 is 62.6 Å². The summed E-state index contributed by atoms with van der Waals surface area (Å²) in [7, 11) is -3.67. The Hall–Kier alpha value is -2.19. The second-order valence-electron chi connectivity index (χ2n) is 14.8. The van der Waals surface area contributed by atoms with Gasteiger partial charge in [0.2, 0.25) is 11.8 Å². The number of hydrogen-bond acceptors (Lipinski definition) is 10. The van der Waals surface area contributed by atoms with Gasteiger partial charge in [0.05, 0.1) is 35.7 Å². The summed E-state index contributed by atoms with van der Waals surface area (Å²) in [6.07, 6.45) is 5.11. The maximum atomic E-state index is 14.0. The molecule has 11 nitrogen and oxygen atoms in total. The minimum atomic E-state index is -3.67. The first kappa shape index (κ1) is 39.6. The van der Waals surface area contributed by atoms with Crippen molar-refractivity contribution < 1.29 is 37.4 Å². The van der Waals surface area contributed by atoms with Crippen LogP contribution in [0.5, 0.6) is 0 Å². The van der Waals surface area contributed by atoms with Gasteiger partial charge in [0, 0.05) is 25.4 Å². The fourth-order valence-electron chi connectivity index (χ4n) is 6.72. The minimum absolute atomic E-state index is 0.197. The van der Waals surface area contributed by atoms with Crippen molar-refractivity contribution in [1.29, 1.82) is 0 Å². The number of benzene rings is 1. The third-order valence-corrected chi connectivity index (χ3v) is 13.7. The van der Waals surface area contributed by atoms with Crippen molar-refractivity contribution >= 4 is 39.4 Å². The van der Waals surface area contributed by atoms with Gasteiger partial charge in [-0.3, -0.25) is 14.5 Å². The van der Waals surface area contributed by atoms with Crippen LogP contribution in [0.25, 0.3) is 0 Å². The largest absolute Gasteiger partial charge is 0.459 e. The van der Waals surface area contributed by atoms with Crippen molar-refractivity contribution in [3.8, 4) is 0 Å². The molecular weight excluding hydrogens is 667 g/mol. The van der Waals surface area contributed by atoms with Gasteiger partial charge in [0.25, 0.3) is 0 Å². The molecule has 0 spiro atoms. The number of morpholine rings is 1. The smallest absolute Gasteiger partial charge is 0.337 e. The predicted molar refractivity (Wildman–Crippen MR) is 192 cm³/mol. The zero-order chi connectivity index (χ0) is 35.4. The Bertz CT molecular complexity index is 1310. The summed E-state index contributed by atoms with van der Waals surface area (Å²) in [6.45, 7) is 8.14. The maximum absolute atomic E-state index is 14.0. The first-order valence-corrected chi connectivity index (χ1v) is 20.8. The lowest BCUT2D eigenvalue weighted by atomic mass is 9.83. The van der Waals surface area contributed by atoms with Crippen molar-refractivity contribution in [1.82, 2.24) is 15.5 Å². The van der Waals surface area contributed by atoms with Crippen LogP contribution in [-0.2, 0) is 40.1 Å². The minimum Gasteiger partial charge on any atom is -0.459 e. The third kappa shape index (κ3) is 12.5. The molecule has 0 bridgehead atoms. The van der Waals surface area contributed by atoms with Crippen LogP contribution in [0.3, 0.4) is 0 Å². The quantitative estimate of drug-likeness (QED) is 0.307. The second kappa shape index (κ2) is 18.9. The average molecular weight is 724 g/mol. The molecule has 1 saturated carbocycles. The highest BCUT2D eigenvalue weighted by atomic mass is 32.2. The summed E-state index contributed by atoms with van der Waals surface area (Å²) in [5.41, 5.74) is 0.821. The number of sulfone groups is 1. The number of aliphatic hydroxyl groups excluding tert-OH is 1. The zero-order valence-electron chi connectivity index (χ0n) is 29.4. The summed E-state index contributed by atoms with van der Waals surface area (Å²) >= 11 is 1.52. The molecule has 2 aliphatic heterocycles. The lowest BCUT2D eigenvalue weighted by Crippen LogP contribution is -2.56. The number of cyclic esters (lactones) is 1. The Morgan fingerprint density at radius 2 is 1.76 bits per heavy atom. The molecule has 2 amide bonds. The van der Waals surface area contributed by atoms with Crippen LogP contribution >= 0.6 is 11.8 Å². The average Bonchev–Trinajstić information content (AvgIpc) is 3.07. The zero-order valence-corrected chi connectivity index (χ0v) is 31.1. The molecule has 1 aliphatic carbocycles. The Morgan fingerprint density at radius 3 is 2.43 bits per heavy atom. The first-order valence-electron chi connectivity index (χ1n) is 18.0. The molecule has 1 aromatic rings. The molecule has 3 fully saturated rings. The van der Waals surface area contributed by atoms with E-state index in [1.165, 1.54) is 11.8 Å². The van der Waals surface area contributed by atoms with Gasteiger partial charge >= 0.3 is 5.97 Å². The number of nitrogens with zero attached hydrogens (tertiary/aromatic N) is 1. The molecule has 4 rings (SSSR count). The number of carbonyl (C=O) groups excluding carboxylic acids is 3. The molecule has 3 aliphatic rings. The lowest BCUT2D eigenvalue weighted by molar-refractivity contribution is -0.163. The lowest BCUT2D eigenvalue weighted by Gasteiger charge is -2.32. The summed E-state index contributed by atoms with van der Waals surface area (Å²) in [5.74, 6) is -1.89. The van der Waals surface area contributed by atoms with Crippen molar-refractivity contribution in [2.45, 2.75) is 108 Å². The second-order valence-corrected chi connectivity index (χ2v) is 18.8. The molecule has 2 heterocycles. The van der Waals surface area contributed by atoms with Crippen LogP contribution in [0.1, 0.15) is 77.7 Å². The molecule has 13 heteroatoms. The fraction of sp³-hybridized carbons (Fsp3) is 0.750. The number of thioether (sulfide) groups is 1. The Labute approximate surface area is 296 Å². The van der Waals surface area contributed by atoms with E-state index >= 15 is 0 Å². The molecule has 1 aromatic carbocycles. The number of ether oxygens (including phenoxy) is 2. The molecule has 0 radical (unpaired) electrons. The molecule has 2 saturated heterocycles. The van der Waals surface area contributed by atoms with Crippen molar-refractivity contribution in [2.75, 3.05) is 50.1 Å². The van der Waals surface area contributed by atoms with Crippen molar-refractivity contribution in [2.24, 2.45) is 11.8 Å². The number of rotatable bonds is 10. The van der Waals surface area contributed by atoms with Crippen LogP contribution in [0, 0.1) is 11.8 Å². The van der Waals surface area contributed by atoms with E-state index in [0.717, 1.165) is 50.8 Å². The standard InChI is InChI=1S/C36H57N3O8S2/c1-36(2,3)49(44,45)25-28(21-26-11-6-4-7-12-26)33(41)38-31-24-48-20-10-15-29(23-39-16-18-46-19-17-39)47-35(43)32(40)30(37-34(31)42)22-27-13-8-5-9-14-27/h4,6-7,11-12,27-32,40H,5,8-10,13-25H2,1-3H3,(H,37,42)(H,38,41)/t28-,29-,30+,31?,32-/m1/s1. The topological polar surface area (TPSA) is 151 Å². The van der Waals surface area contributed by atoms with Gasteiger partial charge in [-0.2, -0.15) is 11.8 Å². The number of hydrogen-bond donors (Lipinski definition) is 3. The monoisotopic (exact) mass is 723 g/mol. The maximum Gasteiger partial charge on any atom is 0.337 e. The van der Waals surface area contributed by atoms with Crippen molar-refractivity contribution in [3.63, 3.8) is 0 Å². The van der Waals surface area contributed by atoms with E-state index in [1.807, 2.05) is 30.3 Å². The number of amides is 2. The number of aliphatic hydroxyl groups is 1. The van der Waals surface area contributed by atoms with Crippen molar-refractivity contribution in [3.05, 3.63) is 35.9 Å². The number of esters is 1. The fourth-order valence-corrected chi connectivity index (χ4v) is 9.02. The summed E-state index contributed by atoms with van der Waals surface area (Å²) in [5, 5.41) is 17.2. The molecular formula is C36H57N3O8S2. The highest BCUT2D eigenvalue weighted by molar-refractivity contribution is 7.99. The van der Waals surface area contributed by atoms with Gasteiger partial charge in [-0.25, -0.2) is 13.2 Å². The number of carbonyl (C=O) groups is 3. The van der Waals surface area contributed by atoms with Gasteiger partial charge in [-0.1, -0.05) is 62.4 Å². The van der Waals surface area contributed by atoms with Crippen LogP contribution in [0.15, 0.2) is 30.3 Å². The van der Waals surface area contributed by atoms with Crippen LogP contribution in [0.4, 0.5) is 0 Å². The van der Waals surface area contributed by atoms with Gasteiger partial charge in [-0.05, 0) is 63.7 Å². The van der Waals surface area contributed by atoms with Gasteiger partial charge in [-0.15, -0.1) is 0 Å². The van der Waals surface area contributed by atoms with E-state index in [4.69, 9.17) is 9.47 Å². The molecule has 3 N–H and O–H groups in total. The number of nitrogens with one attached hydrogen (secondary N) is 2. The summed E-state index contributed by atoms with van der Waals surface area (Å²) in [6, 6.07) is 7.38. The van der Waals surface area contributed by atoms with E-state index in [2.05, 4.69) is 15.5 Å². The Kier molecular flexibility index (Phi) is 15.3. The van der Waals surface area contributed by atoms with E-state index in [0.29, 0.717) is 44.8 Å². The molecule has 276 valence electrons. The van der Waals surface area contributed by atoms with Crippen LogP contribution in [0.2, 0.25) is 0 Å². The Morgan fingerprint density at radius 1 is 1.06 bits per heavy atom. The van der Waals surface area contributed by atoms with E-state index in [-0.39, 0.29) is 23.8 Å². The SMILES string of the molecule is CC(C)(C)S(=O)(=O)C[C@@H](Cc1ccccc1)C(=O)NC1CSCCC[C@H](CN2CCOCC2)OC(=O)[C@H](O)[C@H](CC2CCCCC2)NC1=O. The Balaban J connectivity index is 1.55. The van der Waals surface area contributed by atoms with E-state index in [9.17, 15) is 27.9 Å². The van der Waals surface area contributed by atoms with Crippen LogP contribution < -0.4 is 10.6 Å². The normalized spacial score (nSPS) is 26.7. The molecule has 1 unspecified atom stereocenters. The molecule has 5 atom stereocenters. The summed E-state index contributed by atoms with van der Waals surface area (Å²) in [4.78, 5) is 43.6. The van der Waals surface area contributed by atoms with Gasteiger partial charge in [0.1, 0.15) is 12.1 Å². The third-order valence-electron chi connectivity index (χ3n) is 9.89. The molecule has 0 aromatic heterocycles.